The molecule has 1 aliphatic rings. The van der Waals surface area contributed by atoms with E-state index in [1.165, 1.54) is 17.3 Å². The van der Waals surface area contributed by atoms with E-state index in [4.69, 9.17) is 11.6 Å². The second-order valence-electron chi connectivity index (χ2n) is 5.98. The highest BCUT2D eigenvalue weighted by Gasteiger charge is 2.29. The molecular formula is C18H16ClN5OS. The van der Waals surface area contributed by atoms with Gasteiger partial charge in [0, 0.05) is 17.3 Å². The molecule has 1 aromatic heterocycles. The van der Waals surface area contributed by atoms with Gasteiger partial charge in [0.05, 0.1) is 10.9 Å². The van der Waals surface area contributed by atoms with E-state index in [9.17, 15) is 4.79 Å². The average molecular weight is 386 g/mol. The number of aromatic nitrogens is 4. The molecule has 0 N–H and O–H groups in total. The summed E-state index contributed by atoms with van der Waals surface area (Å²) in [6, 6.07) is 15.3. The topological polar surface area (TPSA) is 63.9 Å². The van der Waals surface area contributed by atoms with E-state index >= 15 is 0 Å². The number of amides is 1. The summed E-state index contributed by atoms with van der Waals surface area (Å²) in [6.45, 7) is 2.60. The first-order chi connectivity index (χ1) is 12.6. The summed E-state index contributed by atoms with van der Waals surface area (Å²) in [5.74, 6) is 0.0607. The fourth-order valence-corrected chi connectivity index (χ4v) is 3.99. The lowest BCUT2D eigenvalue weighted by Gasteiger charge is -2.21. The number of fused-ring (bicyclic) bond motifs is 1. The van der Waals surface area contributed by atoms with Crippen LogP contribution >= 0.6 is 23.4 Å². The lowest BCUT2D eigenvalue weighted by atomic mass is 10.2. The lowest BCUT2D eigenvalue weighted by molar-refractivity contribution is -0.117. The first kappa shape index (κ1) is 17.1. The molecule has 1 aliphatic heterocycles. The van der Waals surface area contributed by atoms with E-state index < -0.39 is 0 Å². The molecule has 8 heteroatoms. The fourth-order valence-electron chi connectivity index (χ4n) is 2.99. The van der Waals surface area contributed by atoms with Gasteiger partial charge in [0.25, 0.3) is 0 Å². The fraction of sp³-hybridized carbons (Fsp3) is 0.222. The third-order valence-corrected chi connectivity index (χ3v) is 5.57. The summed E-state index contributed by atoms with van der Waals surface area (Å²) in [4.78, 5) is 14.8. The van der Waals surface area contributed by atoms with Crippen molar-refractivity contribution in [2.24, 2.45) is 0 Å². The number of hydrogen-bond donors (Lipinski definition) is 0. The highest BCUT2D eigenvalue weighted by atomic mass is 35.5. The van der Waals surface area contributed by atoms with E-state index in [-0.39, 0.29) is 11.2 Å². The predicted octanol–water partition coefficient (Wildman–Crippen LogP) is 3.39. The second-order valence-corrected chi connectivity index (χ2v) is 7.72. The maximum atomic E-state index is 12.9. The van der Waals surface area contributed by atoms with Crippen molar-refractivity contribution >= 4 is 35.0 Å². The lowest BCUT2D eigenvalue weighted by Crippen LogP contribution is -2.35. The van der Waals surface area contributed by atoms with Crippen LogP contribution in [0.1, 0.15) is 12.5 Å². The Morgan fingerprint density at radius 3 is 2.77 bits per heavy atom. The summed E-state index contributed by atoms with van der Waals surface area (Å²) in [5.41, 5.74) is 3.01. The van der Waals surface area contributed by atoms with E-state index in [0.29, 0.717) is 16.7 Å². The Morgan fingerprint density at radius 1 is 1.19 bits per heavy atom. The van der Waals surface area contributed by atoms with Gasteiger partial charge >= 0.3 is 0 Å². The standard InChI is InChI=1S/C18H16ClN5OS/c1-12(17(25)23-11-10-13-4-2-3-5-16(13)23)26-18-20-21-22-24(18)15-8-6-14(19)7-9-15/h2-9,12H,10-11H2,1H3. The first-order valence-corrected chi connectivity index (χ1v) is 9.49. The molecule has 0 radical (unpaired) electrons. The number of rotatable bonds is 4. The van der Waals surface area contributed by atoms with Crippen LogP contribution in [-0.4, -0.2) is 37.9 Å². The van der Waals surface area contributed by atoms with Gasteiger partial charge in [-0.05, 0) is 59.7 Å². The van der Waals surface area contributed by atoms with Crippen molar-refractivity contribution in [3.63, 3.8) is 0 Å². The zero-order chi connectivity index (χ0) is 18.1. The van der Waals surface area contributed by atoms with Crippen LogP contribution in [-0.2, 0) is 11.2 Å². The minimum absolute atomic E-state index is 0.0607. The molecule has 6 nitrogen and oxygen atoms in total. The number of halogens is 1. The zero-order valence-corrected chi connectivity index (χ0v) is 15.6. The van der Waals surface area contributed by atoms with Crippen molar-refractivity contribution < 1.29 is 4.79 Å². The number of hydrogen-bond acceptors (Lipinski definition) is 5. The number of carbonyl (C=O) groups excluding carboxylic acids is 1. The summed E-state index contributed by atoms with van der Waals surface area (Å²) in [5, 5.41) is 12.8. The molecule has 0 saturated carbocycles. The van der Waals surface area contributed by atoms with Crippen molar-refractivity contribution in [1.82, 2.24) is 20.2 Å². The molecule has 0 spiro atoms. The van der Waals surface area contributed by atoms with Gasteiger partial charge in [-0.1, -0.05) is 41.6 Å². The predicted molar refractivity (Wildman–Crippen MR) is 102 cm³/mol. The van der Waals surface area contributed by atoms with Crippen LogP contribution in [0.3, 0.4) is 0 Å². The summed E-state index contributed by atoms with van der Waals surface area (Å²) < 4.78 is 1.61. The highest BCUT2D eigenvalue weighted by Crippen LogP contribution is 2.31. The molecule has 4 rings (SSSR count). The number of para-hydroxylation sites is 1. The molecular weight excluding hydrogens is 370 g/mol. The zero-order valence-electron chi connectivity index (χ0n) is 14.0. The van der Waals surface area contributed by atoms with Crippen molar-refractivity contribution in [2.45, 2.75) is 23.8 Å². The maximum Gasteiger partial charge on any atom is 0.240 e. The van der Waals surface area contributed by atoms with Gasteiger partial charge in [0.2, 0.25) is 11.1 Å². The van der Waals surface area contributed by atoms with Gasteiger partial charge in [-0.25, -0.2) is 0 Å². The Bertz CT molecular complexity index is 943. The molecule has 1 atom stereocenters. The van der Waals surface area contributed by atoms with Crippen molar-refractivity contribution in [1.29, 1.82) is 0 Å². The Morgan fingerprint density at radius 2 is 1.96 bits per heavy atom. The molecule has 2 aromatic carbocycles. The van der Waals surface area contributed by atoms with E-state index in [0.717, 1.165) is 17.8 Å². The third-order valence-electron chi connectivity index (χ3n) is 4.30. The van der Waals surface area contributed by atoms with Crippen LogP contribution in [0.4, 0.5) is 5.69 Å². The molecule has 3 aromatic rings. The van der Waals surface area contributed by atoms with Gasteiger partial charge in [-0.3, -0.25) is 4.79 Å². The quantitative estimate of drug-likeness (QED) is 0.644. The number of thioether (sulfide) groups is 1. The minimum atomic E-state index is -0.307. The molecule has 132 valence electrons. The molecule has 26 heavy (non-hydrogen) atoms. The summed E-state index contributed by atoms with van der Waals surface area (Å²) >= 11 is 7.28. The van der Waals surface area contributed by atoms with E-state index in [1.54, 1.807) is 16.8 Å². The maximum absolute atomic E-state index is 12.9. The Hall–Kier alpha value is -2.38. The minimum Gasteiger partial charge on any atom is -0.311 e. The molecule has 1 unspecified atom stereocenters. The van der Waals surface area contributed by atoms with Crippen LogP contribution in [0.25, 0.3) is 5.69 Å². The molecule has 0 aliphatic carbocycles. The van der Waals surface area contributed by atoms with Gasteiger partial charge in [0.15, 0.2) is 0 Å². The van der Waals surface area contributed by atoms with Gasteiger partial charge in [0.1, 0.15) is 0 Å². The third kappa shape index (κ3) is 3.20. The second kappa shape index (κ2) is 7.09. The molecule has 0 fully saturated rings. The van der Waals surface area contributed by atoms with Crippen LogP contribution in [0.2, 0.25) is 5.02 Å². The first-order valence-electron chi connectivity index (χ1n) is 8.24. The van der Waals surface area contributed by atoms with Crippen molar-refractivity contribution in [3.05, 3.63) is 59.1 Å². The molecule has 2 heterocycles. The van der Waals surface area contributed by atoms with Crippen molar-refractivity contribution in [3.8, 4) is 5.69 Å². The Labute approximate surface area is 160 Å². The Balaban J connectivity index is 1.53. The molecule has 0 bridgehead atoms. The number of carbonyl (C=O) groups is 1. The molecule has 1 amide bonds. The number of tetrazole rings is 1. The van der Waals surface area contributed by atoms with Crippen LogP contribution in [0.5, 0.6) is 0 Å². The van der Waals surface area contributed by atoms with E-state index in [1.807, 2.05) is 42.2 Å². The summed E-state index contributed by atoms with van der Waals surface area (Å²) in [7, 11) is 0. The normalized spacial score (nSPS) is 14.3. The number of nitrogens with zero attached hydrogens (tertiary/aromatic N) is 5. The largest absolute Gasteiger partial charge is 0.311 e. The molecule has 0 saturated heterocycles. The summed E-state index contributed by atoms with van der Waals surface area (Å²) in [6.07, 6.45) is 0.891. The smallest absolute Gasteiger partial charge is 0.240 e. The van der Waals surface area contributed by atoms with Crippen LogP contribution in [0.15, 0.2) is 53.7 Å². The average Bonchev–Trinajstić information content (AvgIpc) is 3.28. The van der Waals surface area contributed by atoms with Gasteiger partial charge in [-0.15, -0.1) is 5.10 Å². The Kier molecular flexibility index (Phi) is 4.65. The van der Waals surface area contributed by atoms with Gasteiger partial charge in [-0.2, -0.15) is 4.68 Å². The number of benzene rings is 2. The number of anilines is 1. The monoisotopic (exact) mass is 385 g/mol. The van der Waals surface area contributed by atoms with E-state index in [2.05, 4.69) is 21.6 Å². The highest BCUT2D eigenvalue weighted by molar-refractivity contribution is 8.00. The van der Waals surface area contributed by atoms with Crippen LogP contribution in [0, 0.1) is 0 Å². The SMILES string of the molecule is CC(Sc1nnnn1-c1ccc(Cl)cc1)C(=O)N1CCc2ccccc21. The van der Waals surface area contributed by atoms with Gasteiger partial charge < -0.3 is 4.90 Å². The van der Waals surface area contributed by atoms with Crippen LogP contribution < -0.4 is 4.90 Å². The van der Waals surface area contributed by atoms with Crippen molar-refractivity contribution in [2.75, 3.05) is 11.4 Å².